The molecule has 1 N–H and O–H groups in total. The van der Waals surface area contributed by atoms with Crippen LogP contribution in [-0.2, 0) is 0 Å². The molecule has 2 aromatic rings. The summed E-state index contributed by atoms with van der Waals surface area (Å²) in [5.74, 6) is 0.925. The van der Waals surface area contributed by atoms with Gasteiger partial charge >= 0.3 is 0 Å². The zero-order chi connectivity index (χ0) is 14.1. The molecule has 1 nitrogen and oxygen atoms in total. The number of hydrogen-bond donors (Lipinski definition) is 1. The van der Waals surface area contributed by atoms with Crippen molar-refractivity contribution in [3.8, 4) is 0 Å². The van der Waals surface area contributed by atoms with Gasteiger partial charge in [0.15, 0.2) is 0 Å². The minimum absolute atomic E-state index is 0.478. The van der Waals surface area contributed by atoms with Crippen molar-refractivity contribution >= 4 is 21.4 Å². The van der Waals surface area contributed by atoms with E-state index in [1.54, 1.807) is 0 Å². The van der Waals surface area contributed by atoms with E-state index in [0.29, 0.717) is 12.1 Å². The third-order valence-corrected chi connectivity index (χ3v) is 6.23. The van der Waals surface area contributed by atoms with E-state index in [1.807, 2.05) is 11.3 Å². The molecule has 0 amide bonds. The summed E-state index contributed by atoms with van der Waals surface area (Å²) in [6.07, 6.45) is 5.45. The highest BCUT2D eigenvalue weighted by Crippen LogP contribution is 2.35. The Morgan fingerprint density at radius 1 is 1.15 bits per heavy atom. The van der Waals surface area contributed by atoms with Gasteiger partial charge in [0.05, 0.1) is 0 Å². The maximum Gasteiger partial charge on any atom is 0.0391 e. The lowest BCUT2D eigenvalue weighted by Crippen LogP contribution is -2.34. The lowest BCUT2D eigenvalue weighted by Gasteiger charge is -2.29. The van der Waals surface area contributed by atoms with E-state index in [2.05, 4.69) is 50.4 Å². The highest BCUT2D eigenvalue weighted by molar-refractivity contribution is 7.19. The number of fused-ring (bicyclic) bond motifs is 1. The van der Waals surface area contributed by atoms with Crippen LogP contribution in [0, 0.1) is 12.8 Å². The Kier molecular flexibility index (Phi) is 4.13. The lowest BCUT2D eigenvalue weighted by molar-refractivity contribution is 0.292. The number of thiophene rings is 1. The molecule has 0 spiro atoms. The SMILES string of the molecule is Cc1c(C(C)NC2CCC(C)CC2)sc2ccccc12. The van der Waals surface area contributed by atoms with Crippen LogP contribution in [0.15, 0.2) is 24.3 Å². The first kappa shape index (κ1) is 14.1. The summed E-state index contributed by atoms with van der Waals surface area (Å²) in [6, 6.07) is 9.97. The molecular formula is C18H25NS. The van der Waals surface area contributed by atoms with Gasteiger partial charge in [0.25, 0.3) is 0 Å². The van der Waals surface area contributed by atoms with Crippen LogP contribution in [-0.4, -0.2) is 6.04 Å². The molecule has 3 rings (SSSR count). The van der Waals surface area contributed by atoms with Crippen molar-refractivity contribution in [2.45, 2.75) is 58.5 Å². The van der Waals surface area contributed by atoms with Gasteiger partial charge < -0.3 is 5.32 Å². The van der Waals surface area contributed by atoms with Crippen LogP contribution in [0.4, 0.5) is 0 Å². The van der Waals surface area contributed by atoms with E-state index in [-0.39, 0.29) is 0 Å². The van der Waals surface area contributed by atoms with Crippen molar-refractivity contribution in [1.82, 2.24) is 5.32 Å². The van der Waals surface area contributed by atoms with E-state index in [1.165, 1.54) is 46.2 Å². The van der Waals surface area contributed by atoms with Crippen molar-refractivity contribution < 1.29 is 0 Å². The Balaban J connectivity index is 1.75. The smallest absolute Gasteiger partial charge is 0.0391 e. The number of benzene rings is 1. The monoisotopic (exact) mass is 287 g/mol. The second-order valence-corrected chi connectivity index (χ2v) is 7.52. The van der Waals surface area contributed by atoms with E-state index in [9.17, 15) is 0 Å². The van der Waals surface area contributed by atoms with Crippen LogP contribution in [0.1, 0.15) is 56.0 Å². The summed E-state index contributed by atoms with van der Waals surface area (Å²) in [5, 5.41) is 5.30. The van der Waals surface area contributed by atoms with Crippen molar-refractivity contribution in [1.29, 1.82) is 0 Å². The molecule has 108 valence electrons. The molecule has 1 atom stereocenters. The molecule has 1 unspecified atom stereocenters. The number of rotatable bonds is 3. The van der Waals surface area contributed by atoms with Gasteiger partial charge in [0.2, 0.25) is 0 Å². The van der Waals surface area contributed by atoms with Gasteiger partial charge in [0.1, 0.15) is 0 Å². The first-order valence-corrected chi connectivity index (χ1v) is 8.71. The summed E-state index contributed by atoms with van der Waals surface area (Å²) >= 11 is 1.96. The summed E-state index contributed by atoms with van der Waals surface area (Å²) in [7, 11) is 0. The molecule has 0 aliphatic heterocycles. The lowest BCUT2D eigenvalue weighted by atomic mass is 9.87. The molecule has 1 aliphatic rings. The zero-order valence-electron chi connectivity index (χ0n) is 12.8. The van der Waals surface area contributed by atoms with Crippen molar-refractivity contribution in [2.24, 2.45) is 5.92 Å². The second kappa shape index (κ2) is 5.87. The van der Waals surface area contributed by atoms with Crippen LogP contribution in [0.3, 0.4) is 0 Å². The first-order valence-electron chi connectivity index (χ1n) is 7.89. The van der Waals surface area contributed by atoms with Crippen LogP contribution >= 0.6 is 11.3 Å². The Bertz CT molecular complexity index is 578. The van der Waals surface area contributed by atoms with Crippen LogP contribution in [0.2, 0.25) is 0 Å². The Hall–Kier alpha value is -0.860. The molecule has 20 heavy (non-hydrogen) atoms. The molecule has 2 heteroatoms. The summed E-state index contributed by atoms with van der Waals surface area (Å²) < 4.78 is 1.42. The summed E-state index contributed by atoms with van der Waals surface area (Å²) in [4.78, 5) is 1.52. The molecule has 0 radical (unpaired) electrons. The van der Waals surface area contributed by atoms with Crippen molar-refractivity contribution in [3.63, 3.8) is 0 Å². The predicted octanol–water partition coefficient (Wildman–Crippen LogP) is 5.44. The van der Waals surface area contributed by atoms with Crippen LogP contribution in [0.5, 0.6) is 0 Å². The highest BCUT2D eigenvalue weighted by atomic mass is 32.1. The van der Waals surface area contributed by atoms with Gasteiger partial charge in [-0.25, -0.2) is 0 Å². The largest absolute Gasteiger partial charge is 0.307 e. The number of aryl methyl sites for hydroxylation is 1. The minimum Gasteiger partial charge on any atom is -0.307 e. The number of nitrogens with one attached hydrogen (secondary N) is 1. The molecule has 1 aliphatic carbocycles. The molecule has 1 saturated carbocycles. The maximum atomic E-state index is 3.87. The second-order valence-electron chi connectivity index (χ2n) is 6.43. The van der Waals surface area contributed by atoms with E-state index >= 15 is 0 Å². The van der Waals surface area contributed by atoms with Crippen molar-refractivity contribution in [3.05, 3.63) is 34.7 Å². The maximum absolute atomic E-state index is 3.87. The Morgan fingerprint density at radius 3 is 2.55 bits per heavy atom. The average molecular weight is 287 g/mol. The molecular weight excluding hydrogens is 262 g/mol. The standard InChI is InChI=1S/C18H25NS/c1-12-8-10-15(11-9-12)19-14(3)18-13(2)16-6-4-5-7-17(16)20-18/h4-7,12,14-15,19H,8-11H2,1-3H3. The minimum atomic E-state index is 0.478. The van der Waals surface area contributed by atoms with Gasteiger partial charge in [-0.15, -0.1) is 11.3 Å². The summed E-state index contributed by atoms with van der Waals surface area (Å²) in [6.45, 7) is 6.99. The molecule has 0 bridgehead atoms. The highest BCUT2D eigenvalue weighted by Gasteiger charge is 2.21. The fourth-order valence-corrected chi connectivity index (χ4v) is 4.68. The van der Waals surface area contributed by atoms with E-state index in [4.69, 9.17) is 0 Å². The quantitative estimate of drug-likeness (QED) is 0.792. The van der Waals surface area contributed by atoms with Crippen LogP contribution < -0.4 is 5.32 Å². The van der Waals surface area contributed by atoms with E-state index < -0.39 is 0 Å². The van der Waals surface area contributed by atoms with Crippen LogP contribution in [0.25, 0.3) is 10.1 Å². The fraction of sp³-hybridized carbons (Fsp3) is 0.556. The van der Waals surface area contributed by atoms with Gasteiger partial charge in [-0.3, -0.25) is 0 Å². The molecule has 1 fully saturated rings. The molecule has 1 heterocycles. The zero-order valence-corrected chi connectivity index (χ0v) is 13.6. The van der Waals surface area contributed by atoms with E-state index in [0.717, 1.165) is 5.92 Å². The van der Waals surface area contributed by atoms with Gasteiger partial charge in [0, 0.05) is 21.7 Å². The Labute approximate surface area is 126 Å². The third kappa shape index (κ3) is 2.77. The van der Waals surface area contributed by atoms with Gasteiger partial charge in [-0.2, -0.15) is 0 Å². The third-order valence-electron chi connectivity index (χ3n) is 4.78. The van der Waals surface area contributed by atoms with Gasteiger partial charge in [-0.1, -0.05) is 25.1 Å². The first-order chi connectivity index (χ1) is 9.65. The topological polar surface area (TPSA) is 12.0 Å². The number of hydrogen-bond acceptors (Lipinski definition) is 2. The molecule has 0 saturated heterocycles. The summed E-state index contributed by atoms with van der Waals surface area (Å²) in [5.41, 5.74) is 1.47. The fourth-order valence-electron chi connectivity index (χ4n) is 3.46. The Morgan fingerprint density at radius 2 is 1.85 bits per heavy atom. The normalized spacial score (nSPS) is 24.9. The van der Waals surface area contributed by atoms with Gasteiger partial charge in [-0.05, 0) is 62.5 Å². The predicted molar refractivity (Wildman–Crippen MR) is 89.5 cm³/mol. The molecule has 1 aromatic carbocycles. The average Bonchev–Trinajstić information content (AvgIpc) is 2.79. The van der Waals surface area contributed by atoms with Crippen molar-refractivity contribution in [2.75, 3.05) is 0 Å². The molecule has 1 aromatic heterocycles.